The highest BCUT2D eigenvalue weighted by molar-refractivity contribution is 5.53. The lowest BCUT2D eigenvalue weighted by Crippen LogP contribution is -2.33. The molecule has 12 heavy (non-hydrogen) atoms. The summed E-state index contributed by atoms with van der Waals surface area (Å²) in [5, 5.41) is 9.68. The smallest absolute Gasteiger partial charge is 0.123 e. The number of aldehydes is 1. The maximum atomic E-state index is 10.5. The lowest BCUT2D eigenvalue weighted by molar-refractivity contribution is -0.114. The summed E-state index contributed by atoms with van der Waals surface area (Å²) in [5.74, 6) is 0.848. The lowest BCUT2D eigenvalue weighted by Gasteiger charge is -2.33. The van der Waals surface area contributed by atoms with Crippen molar-refractivity contribution in [3.05, 3.63) is 0 Å². The molecule has 0 amide bonds. The first-order chi connectivity index (χ1) is 5.65. The van der Waals surface area contributed by atoms with Crippen LogP contribution >= 0.6 is 0 Å². The topological polar surface area (TPSA) is 37.3 Å². The molecule has 0 aromatic heterocycles. The molecule has 2 nitrogen and oxygen atoms in total. The molecular formula is C10H18O2. The van der Waals surface area contributed by atoms with Crippen LogP contribution in [0.2, 0.25) is 0 Å². The van der Waals surface area contributed by atoms with E-state index in [-0.39, 0.29) is 17.9 Å². The molecule has 0 spiro atoms. The molecule has 1 saturated carbocycles. The van der Waals surface area contributed by atoms with E-state index in [1.807, 2.05) is 6.92 Å². The fourth-order valence-electron chi connectivity index (χ4n) is 2.09. The average molecular weight is 170 g/mol. The monoisotopic (exact) mass is 170 g/mol. The summed E-state index contributed by atoms with van der Waals surface area (Å²) >= 11 is 0. The zero-order chi connectivity index (χ0) is 9.14. The zero-order valence-electron chi connectivity index (χ0n) is 7.86. The van der Waals surface area contributed by atoms with Gasteiger partial charge in [0.05, 0.1) is 6.10 Å². The van der Waals surface area contributed by atoms with Gasteiger partial charge in [-0.3, -0.25) is 0 Å². The Balaban J connectivity index is 2.49. The van der Waals surface area contributed by atoms with Crippen molar-refractivity contribution in [3.8, 4) is 0 Å². The standard InChI is InChI=1S/C10H18O2/c1-7-3-4-9(8(2)6-11)10(12)5-7/h6-10,12H,3-5H2,1-2H3. The van der Waals surface area contributed by atoms with Crippen molar-refractivity contribution in [1.29, 1.82) is 0 Å². The highest BCUT2D eigenvalue weighted by atomic mass is 16.3. The highest BCUT2D eigenvalue weighted by Crippen LogP contribution is 2.32. The van der Waals surface area contributed by atoms with Gasteiger partial charge in [0, 0.05) is 5.92 Å². The summed E-state index contributed by atoms with van der Waals surface area (Å²) in [5.41, 5.74) is 0. The number of hydrogen-bond acceptors (Lipinski definition) is 2. The van der Waals surface area contributed by atoms with Crippen LogP contribution in [0.25, 0.3) is 0 Å². The molecular weight excluding hydrogens is 152 g/mol. The largest absolute Gasteiger partial charge is 0.393 e. The number of carbonyl (C=O) groups is 1. The van der Waals surface area contributed by atoms with E-state index in [0.29, 0.717) is 5.92 Å². The summed E-state index contributed by atoms with van der Waals surface area (Å²) in [6, 6.07) is 0. The second-order valence-electron chi connectivity index (χ2n) is 4.14. The maximum absolute atomic E-state index is 10.5. The predicted octanol–water partition coefficient (Wildman–Crippen LogP) is 1.62. The van der Waals surface area contributed by atoms with Gasteiger partial charge in [-0.25, -0.2) is 0 Å². The number of rotatable bonds is 2. The van der Waals surface area contributed by atoms with E-state index in [0.717, 1.165) is 25.5 Å². The Bertz CT molecular complexity index is 156. The molecule has 1 aliphatic carbocycles. The summed E-state index contributed by atoms with van der Waals surface area (Å²) in [6.45, 7) is 4.06. The van der Waals surface area contributed by atoms with Crippen LogP contribution in [0.1, 0.15) is 33.1 Å². The van der Waals surface area contributed by atoms with Crippen molar-refractivity contribution in [2.24, 2.45) is 17.8 Å². The third kappa shape index (κ3) is 2.07. The van der Waals surface area contributed by atoms with Crippen molar-refractivity contribution in [3.63, 3.8) is 0 Å². The zero-order valence-corrected chi connectivity index (χ0v) is 7.86. The van der Waals surface area contributed by atoms with Gasteiger partial charge in [-0.05, 0) is 24.7 Å². The van der Waals surface area contributed by atoms with E-state index in [4.69, 9.17) is 0 Å². The van der Waals surface area contributed by atoms with E-state index < -0.39 is 0 Å². The minimum absolute atomic E-state index is 0.0208. The third-order valence-electron chi connectivity index (χ3n) is 3.02. The molecule has 1 fully saturated rings. The molecule has 0 aromatic rings. The van der Waals surface area contributed by atoms with Gasteiger partial charge in [-0.1, -0.05) is 20.3 Å². The SMILES string of the molecule is CC1CCC(C(C)C=O)C(O)C1. The normalized spacial score (nSPS) is 39.1. The molecule has 0 radical (unpaired) electrons. The molecule has 0 aliphatic heterocycles. The van der Waals surface area contributed by atoms with Crippen molar-refractivity contribution < 1.29 is 9.90 Å². The first-order valence-corrected chi connectivity index (χ1v) is 4.78. The van der Waals surface area contributed by atoms with Gasteiger partial charge in [0.15, 0.2) is 0 Å². The van der Waals surface area contributed by atoms with Crippen molar-refractivity contribution in [2.75, 3.05) is 0 Å². The van der Waals surface area contributed by atoms with Crippen molar-refractivity contribution in [2.45, 2.75) is 39.2 Å². The maximum Gasteiger partial charge on any atom is 0.123 e. The molecule has 2 heteroatoms. The first-order valence-electron chi connectivity index (χ1n) is 4.78. The summed E-state index contributed by atoms with van der Waals surface area (Å²) in [4.78, 5) is 10.5. The van der Waals surface area contributed by atoms with Crippen LogP contribution in [-0.2, 0) is 4.79 Å². The van der Waals surface area contributed by atoms with Crippen molar-refractivity contribution in [1.82, 2.24) is 0 Å². The number of hydrogen-bond donors (Lipinski definition) is 1. The van der Waals surface area contributed by atoms with E-state index in [2.05, 4.69) is 6.92 Å². The summed E-state index contributed by atoms with van der Waals surface area (Å²) in [6.07, 6.45) is 3.73. The highest BCUT2D eigenvalue weighted by Gasteiger charge is 2.30. The van der Waals surface area contributed by atoms with Crippen LogP contribution in [-0.4, -0.2) is 17.5 Å². The van der Waals surface area contributed by atoms with Crippen LogP contribution in [0.5, 0.6) is 0 Å². The molecule has 70 valence electrons. The average Bonchev–Trinajstić information content (AvgIpc) is 2.03. The van der Waals surface area contributed by atoms with Crippen LogP contribution in [0.4, 0.5) is 0 Å². The number of aliphatic hydroxyl groups is 1. The Labute approximate surface area is 74.0 Å². The Morgan fingerprint density at radius 1 is 1.50 bits per heavy atom. The summed E-state index contributed by atoms with van der Waals surface area (Å²) < 4.78 is 0. The molecule has 1 N–H and O–H groups in total. The molecule has 0 aromatic carbocycles. The van der Waals surface area contributed by atoms with E-state index in [1.165, 1.54) is 0 Å². The second kappa shape index (κ2) is 4.04. The lowest BCUT2D eigenvalue weighted by atomic mass is 9.75. The Kier molecular flexibility index (Phi) is 3.27. The second-order valence-corrected chi connectivity index (χ2v) is 4.14. The minimum Gasteiger partial charge on any atom is -0.393 e. The quantitative estimate of drug-likeness (QED) is 0.639. The molecule has 1 rings (SSSR count). The first kappa shape index (κ1) is 9.72. The van der Waals surface area contributed by atoms with Crippen LogP contribution in [0.15, 0.2) is 0 Å². The van der Waals surface area contributed by atoms with Gasteiger partial charge >= 0.3 is 0 Å². The molecule has 0 saturated heterocycles. The Morgan fingerprint density at radius 3 is 2.67 bits per heavy atom. The molecule has 1 aliphatic rings. The molecule has 0 bridgehead atoms. The van der Waals surface area contributed by atoms with Gasteiger partial charge in [0.25, 0.3) is 0 Å². The molecule has 4 unspecified atom stereocenters. The molecule has 0 heterocycles. The number of carbonyl (C=O) groups excluding carboxylic acids is 1. The van der Waals surface area contributed by atoms with Crippen LogP contribution in [0, 0.1) is 17.8 Å². The van der Waals surface area contributed by atoms with E-state index in [1.54, 1.807) is 0 Å². The molecule has 4 atom stereocenters. The minimum atomic E-state index is -0.256. The van der Waals surface area contributed by atoms with Crippen molar-refractivity contribution >= 4 is 6.29 Å². The van der Waals surface area contributed by atoms with Gasteiger partial charge < -0.3 is 9.90 Å². The van der Waals surface area contributed by atoms with Crippen LogP contribution in [0.3, 0.4) is 0 Å². The Morgan fingerprint density at radius 2 is 2.17 bits per heavy atom. The Hall–Kier alpha value is -0.370. The fraction of sp³-hybridized carbons (Fsp3) is 0.900. The van der Waals surface area contributed by atoms with Gasteiger partial charge in [-0.2, -0.15) is 0 Å². The predicted molar refractivity (Wildman–Crippen MR) is 47.7 cm³/mol. The van der Waals surface area contributed by atoms with Gasteiger partial charge in [0.1, 0.15) is 6.29 Å². The van der Waals surface area contributed by atoms with Gasteiger partial charge in [0.2, 0.25) is 0 Å². The van der Waals surface area contributed by atoms with E-state index >= 15 is 0 Å². The van der Waals surface area contributed by atoms with Gasteiger partial charge in [-0.15, -0.1) is 0 Å². The van der Waals surface area contributed by atoms with Crippen LogP contribution < -0.4 is 0 Å². The fourth-order valence-corrected chi connectivity index (χ4v) is 2.09. The number of aliphatic hydroxyl groups excluding tert-OH is 1. The van der Waals surface area contributed by atoms with E-state index in [9.17, 15) is 9.90 Å². The summed E-state index contributed by atoms with van der Waals surface area (Å²) in [7, 11) is 0. The third-order valence-corrected chi connectivity index (χ3v) is 3.02.